The molecule has 0 aliphatic rings. The molecule has 0 aliphatic carbocycles. The van der Waals surface area contributed by atoms with E-state index in [1.54, 1.807) is 0 Å². The van der Waals surface area contributed by atoms with Gasteiger partial charge in [0, 0.05) is 6.08 Å². The van der Waals surface area contributed by atoms with Crippen LogP contribution in [0.1, 0.15) is 12.0 Å². The van der Waals surface area contributed by atoms with Crippen molar-refractivity contribution in [2.45, 2.75) is 12.6 Å². The molecule has 0 heterocycles. The fourth-order valence-corrected chi connectivity index (χ4v) is 1.88. The summed E-state index contributed by atoms with van der Waals surface area (Å²) in [6, 6.07) is 2.95. The van der Waals surface area contributed by atoms with Crippen LogP contribution in [0.25, 0.3) is 5.57 Å². The van der Waals surface area contributed by atoms with Crippen LogP contribution in [0, 0.1) is 0 Å². The molecule has 0 amide bonds. The van der Waals surface area contributed by atoms with Crippen molar-refractivity contribution in [3.05, 3.63) is 36.4 Å². The highest BCUT2D eigenvalue weighted by molar-refractivity contribution is 5.72. The zero-order valence-electron chi connectivity index (χ0n) is 12.1. The second-order valence-electron chi connectivity index (χ2n) is 4.12. The minimum Gasteiger partial charge on any atom is -0.493 e. The first-order chi connectivity index (χ1) is 9.86. The maximum absolute atomic E-state index is 12.6. The molecule has 0 fully saturated rings. The molecule has 0 bridgehead atoms. The van der Waals surface area contributed by atoms with E-state index >= 15 is 0 Å². The van der Waals surface area contributed by atoms with Crippen molar-refractivity contribution in [1.29, 1.82) is 0 Å². The Morgan fingerprint density at radius 1 is 1.10 bits per heavy atom. The Hall–Kier alpha value is -2.11. The molecule has 0 unspecified atom stereocenters. The third kappa shape index (κ3) is 4.44. The van der Waals surface area contributed by atoms with Crippen LogP contribution in [-0.2, 0) is 0 Å². The first kappa shape index (κ1) is 16.9. The zero-order chi connectivity index (χ0) is 16.0. The Labute approximate surface area is 121 Å². The van der Waals surface area contributed by atoms with Gasteiger partial charge in [-0.05, 0) is 29.7 Å². The Bertz CT molecular complexity index is 508. The quantitative estimate of drug-likeness (QED) is 0.736. The molecule has 0 radical (unpaired) electrons. The molecule has 21 heavy (non-hydrogen) atoms. The molecule has 116 valence electrons. The van der Waals surface area contributed by atoms with Gasteiger partial charge in [0.1, 0.15) is 0 Å². The standard InChI is InChI=1S/C15H17F3O3/c1-5-6-10(9-15(16,17)18)11-7-12(19-2)14(21-4)13(8-11)20-3/h5,7-9H,1,6H2,2-4H3/b10-9-. The fraction of sp³-hybridized carbons (Fsp3) is 0.333. The monoisotopic (exact) mass is 302 g/mol. The number of alkyl halides is 3. The van der Waals surface area contributed by atoms with Gasteiger partial charge in [0.05, 0.1) is 21.3 Å². The van der Waals surface area contributed by atoms with Crippen molar-refractivity contribution in [2.24, 2.45) is 0 Å². The van der Waals surface area contributed by atoms with E-state index in [4.69, 9.17) is 14.2 Å². The van der Waals surface area contributed by atoms with Gasteiger partial charge in [-0.15, -0.1) is 6.58 Å². The largest absolute Gasteiger partial charge is 0.493 e. The Balaban J connectivity index is 3.45. The van der Waals surface area contributed by atoms with Crippen LogP contribution in [0.5, 0.6) is 17.2 Å². The number of rotatable bonds is 6. The van der Waals surface area contributed by atoms with E-state index in [0.717, 1.165) is 0 Å². The lowest BCUT2D eigenvalue weighted by molar-refractivity contribution is -0.0794. The lowest BCUT2D eigenvalue weighted by Gasteiger charge is -2.15. The fourth-order valence-electron chi connectivity index (χ4n) is 1.88. The number of methoxy groups -OCH3 is 3. The molecule has 0 aliphatic heterocycles. The maximum Gasteiger partial charge on any atom is 0.410 e. The summed E-state index contributed by atoms with van der Waals surface area (Å²) in [6.07, 6.45) is -2.70. The molecule has 0 N–H and O–H groups in total. The summed E-state index contributed by atoms with van der Waals surface area (Å²) in [5.41, 5.74) is 0.401. The molecule has 1 rings (SSSR count). The van der Waals surface area contributed by atoms with Crippen LogP contribution >= 0.6 is 0 Å². The van der Waals surface area contributed by atoms with E-state index < -0.39 is 6.18 Å². The van der Waals surface area contributed by atoms with Gasteiger partial charge in [-0.1, -0.05) is 6.08 Å². The van der Waals surface area contributed by atoms with E-state index in [9.17, 15) is 13.2 Å². The van der Waals surface area contributed by atoms with Crippen molar-refractivity contribution < 1.29 is 27.4 Å². The summed E-state index contributed by atoms with van der Waals surface area (Å²) in [6.45, 7) is 3.48. The normalized spacial score (nSPS) is 12.0. The molecule has 3 nitrogen and oxygen atoms in total. The van der Waals surface area contributed by atoms with Gasteiger partial charge in [-0.25, -0.2) is 0 Å². The van der Waals surface area contributed by atoms with Crippen LogP contribution < -0.4 is 14.2 Å². The second-order valence-corrected chi connectivity index (χ2v) is 4.12. The number of halogens is 3. The van der Waals surface area contributed by atoms with Crippen LogP contribution in [-0.4, -0.2) is 27.5 Å². The van der Waals surface area contributed by atoms with E-state index in [1.165, 1.54) is 39.5 Å². The molecule has 0 atom stereocenters. The highest BCUT2D eigenvalue weighted by Gasteiger charge is 2.25. The van der Waals surface area contributed by atoms with E-state index in [-0.39, 0.29) is 18.1 Å². The minimum absolute atomic E-state index is 0.0664. The minimum atomic E-state index is -4.42. The summed E-state index contributed by atoms with van der Waals surface area (Å²) >= 11 is 0. The SMILES string of the molecule is C=CC/C(=C/C(F)(F)F)c1cc(OC)c(OC)c(OC)c1. The molecule has 6 heteroatoms. The van der Waals surface area contributed by atoms with Crippen LogP contribution in [0.4, 0.5) is 13.2 Å². The van der Waals surface area contributed by atoms with Crippen LogP contribution in [0.2, 0.25) is 0 Å². The average Bonchev–Trinajstić information content (AvgIpc) is 2.43. The predicted octanol–water partition coefficient (Wildman–Crippen LogP) is 4.23. The molecule has 0 saturated carbocycles. The number of allylic oxidation sites excluding steroid dienone is 3. The summed E-state index contributed by atoms with van der Waals surface area (Å²) < 4.78 is 53.3. The maximum atomic E-state index is 12.6. The topological polar surface area (TPSA) is 27.7 Å². The van der Waals surface area contributed by atoms with Crippen molar-refractivity contribution in [3.63, 3.8) is 0 Å². The van der Waals surface area contributed by atoms with Gasteiger partial charge < -0.3 is 14.2 Å². The van der Waals surface area contributed by atoms with Crippen LogP contribution in [0.3, 0.4) is 0 Å². The molecule has 0 spiro atoms. The number of benzene rings is 1. The molecule has 1 aromatic rings. The Morgan fingerprint density at radius 2 is 1.62 bits per heavy atom. The lowest BCUT2D eigenvalue weighted by Crippen LogP contribution is -2.04. The average molecular weight is 302 g/mol. The van der Waals surface area contributed by atoms with E-state index in [1.807, 2.05) is 0 Å². The molecule has 1 aromatic carbocycles. The third-order valence-corrected chi connectivity index (χ3v) is 2.74. The zero-order valence-corrected chi connectivity index (χ0v) is 12.1. The third-order valence-electron chi connectivity index (χ3n) is 2.74. The summed E-state index contributed by atoms with van der Waals surface area (Å²) in [4.78, 5) is 0. The summed E-state index contributed by atoms with van der Waals surface area (Å²) in [5.74, 6) is 0.918. The second kappa shape index (κ2) is 7.06. The van der Waals surface area contributed by atoms with Gasteiger partial charge in [0.2, 0.25) is 5.75 Å². The molecular weight excluding hydrogens is 285 g/mol. The number of ether oxygens (including phenoxy) is 3. The van der Waals surface area contributed by atoms with E-state index in [0.29, 0.717) is 22.8 Å². The van der Waals surface area contributed by atoms with Crippen LogP contribution in [0.15, 0.2) is 30.9 Å². The molecule has 0 aromatic heterocycles. The first-order valence-corrected chi connectivity index (χ1v) is 6.06. The highest BCUT2D eigenvalue weighted by atomic mass is 19.4. The van der Waals surface area contributed by atoms with Crippen molar-refractivity contribution >= 4 is 5.57 Å². The van der Waals surface area contributed by atoms with E-state index in [2.05, 4.69) is 6.58 Å². The highest BCUT2D eigenvalue weighted by Crippen LogP contribution is 2.41. The summed E-state index contributed by atoms with van der Waals surface area (Å²) in [5, 5.41) is 0. The Kier molecular flexibility index (Phi) is 5.69. The Morgan fingerprint density at radius 3 is 1.95 bits per heavy atom. The number of hydrogen-bond donors (Lipinski definition) is 0. The van der Waals surface area contributed by atoms with Crippen molar-refractivity contribution in [3.8, 4) is 17.2 Å². The van der Waals surface area contributed by atoms with Gasteiger partial charge in [-0.3, -0.25) is 0 Å². The summed E-state index contributed by atoms with van der Waals surface area (Å²) in [7, 11) is 4.24. The van der Waals surface area contributed by atoms with Gasteiger partial charge in [-0.2, -0.15) is 13.2 Å². The number of hydrogen-bond acceptors (Lipinski definition) is 3. The van der Waals surface area contributed by atoms with Gasteiger partial charge >= 0.3 is 6.18 Å². The predicted molar refractivity (Wildman–Crippen MR) is 74.9 cm³/mol. The van der Waals surface area contributed by atoms with Gasteiger partial charge in [0.15, 0.2) is 11.5 Å². The lowest BCUT2D eigenvalue weighted by atomic mass is 10.0. The van der Waals surface area contributed by atoms with Crippen molar-refractivity contribution in [1.82, 2.24) is 0 Å². The molecular formula is C15H17F3O3. The van der Waals surface area contributed by atoms with Gasteiger partial charge in [0.25, 0.3) is 0 Å². The first-order valence-electron chi connectivity index (χ1n) is 6.06. The smallest absolute Gasteiger partial charge is 0.410 e. The van der Waals surface area contributed by atoms with Crippen molar-refractivity contribution in [2.75, 3.05) is 21.3 Å². The molecule has 0 saturated heterocycles.